The summed E-state index contributed by atoms with van der Waals surface area (Å²) >= 11 is 1.88. The maximum atomic E-state index is 12.4. The summed E-state index contributed by atoms with van der Waals surface area (Å²) in [6, 6.07) is 0.277. The molecule has 3 aliphatic heterocycles. The van der Waals surface area contributed by atoms with Gasteiger partial charge in [-0.2, -0.15) is 11.8 Å². The topological polar surface area (TPSA) is 69.6 Å². The van der Waals surface area contributed by atoms with Crippen molar-refractivity contribution in [2.45, 2.75) is 50.2 Å². The van der Waals surface area contributed by atoms with E-state index < -0.39 is 5.97 Å². The molecule has 2 amide bonds. The zero-order chi connectivity index (χ0) is 13.4. The monoisotopic (exact) mass is 284 g/mol. The Bertz CT molecular complexity index is 384. The Morgan fingerprint density at radius 2 is 2.11 bits per heavy atom. The summed E-state index contributed by atoms with van der Waals surface area (Å²) in [7, 11) is 0. The van der Waals surface area contributed by atoms with Gasteiger partial charge in [-0.15, -0.1) is 0 Å². The van der Waals surface area contributed by atoms with Gasteiger partial charge in [0.05, 0.1) is 5.92 Å². The average molecular weight is 284 g/mol. The Morgan fingerprint density at radius 3 is 2.74 bits per heavy atom. The zero-order valence-electron chi connectivity index (χ0n) is 10.9. The number of nitrogens with one attached hydrogen (secondary N) is 1. The standard InChI is InChI=1S/C13H20N2O3S/c16-12(17)10-6-9-3-4-11(10)15(9)13(18)14-8-2-1-5-19-7-8/h8-11H,1-7H2,(H,14,18)(H,16,17). The molecule has 0 aliphatic carbocycles. The van der Waals surface area contributed by atoms with Gasteiger partial charge in [-0.3, -0.25) is 4.79 Å². The molecule has 2 N–H and O–H groups in total. The predicted molar refractivity (Wildman–Crippen MR) is 73.3 cm³/mol. The predicted octanol–water partition coefficient (Wildman–Crippen LogP) is 1.53. The quantitative estimate of drug-likeness (QED) is 0.807. The number of aliphatic carboxylic acids is 1. The highest BCUT2D eigenvalue weighted by atomic mass is 32.2. The van der Waals surface area contributed by atoms with Crippen LogP contribution in [0, 0.1) is 5.92 Å². The minimum atomic E-state index is -0.752. The highest BCUT2D eigenvalue weighted by Crippen LogP contribution is 2.41. The van der Waals surface area contributed by atoms with Crippen molar-refractivity contribution in [1.82, 2.24) is 10.2 Å². The number of hydrogen-bond donors (Lipinski definition) is 2. The third kappa shape index (κ3) is 2.42. The first-order valence-electron chi connectivity index (χ1n) is 7.06. The Morgan fingerprint density at radius 1 is 1.26 bits per heavy atom. The second-order valence-electron chi connectivity index (χ2n) is 5.75. The first-order valence-corrected chi connectivity index (χ1v) is 8.21. The number of carboxylic acids is 1. The van der Waals surface area contributed by atoms with Crippen LogP contribution < -0.4 is 5.32 Å². The van der Waals surface area contributed by atoms with Crippen molar-refractivity contribution in [2.75, 3.05) is 11.5 Å². The van der Waals surface area contributed by atoms with Crippen molar-refractivity contribution in [1.29, 1.82) is 0 Å². The number of fused-ring (bicyclic) bond motifs is 2. The fourth-order valence-electron chi connectivity index (χ4n) is 3.67. The summed E-state index contributed by atoms with van der Waals surface area (Å²) in [5, 5.41) is 12.3. The molecule has 0 aromatic rings. The fraction of sp³-hybridized carbons (Fsp3) is 0.846. The maximum absolute atomic E-state index is 12.4. The molecule has 19 heavy (non-hydrogen) atoms. The summed E-state index contributed by atoms with van der Waals surface area (Å²) in [5.41, 5.74) is 0. The molecule has 5 nitrogen and oxygen atoms in total. The Hall–Kier alpha value is -0.910. The number of urea groups is 1. The highest BCUT2D eigenvalue weighted by Gasteiger charge is 2.51. The molecule has 4 unspecified atom stereocenters. The molecule has 0 radical (unpaired) electrons. The average Bonchev–Trinajstić information content (AvgIpc) is 2.97. The van der Waals surface area contributed by atoms with Crippen molar-refractivity contribution in [3.63, 3.8) is 0 Å². The minimum Gasteiger partial charge on any atom is -0.481 e. The molecule has 0 spiro atoms. The number of hydrogen-bond acceptors (Lipinski definition) is 3. The van der Waals surface area contributed by atoms with Crippen molar-refractivity contribution in [3.8, 4) is 0 Å². The maximum Gasteiger partial charge on any atom is 0.318 e. The van der Waals surface area contributed by atoms with Gasteiger partial charge in [0.25, 0.3) is 0 Å². The van der Waals surface area contributed by atoms with Crippen LogP contribution in [0.1, 0.15) is 32.1 Å². The SMILES string of the molecule is O=C(O)C1CC2CCC1N2C(=O)NC1CCCSC1. The first kappa shape index (κ1) is 13.1. The molecular weight excluding hydrogens is 264 g/mol. The third-order valence-electron chi connectivity index (χ3n) is 4.58. The molecule has 0 aromatic heterocycles. The van der Waals surface area contributed by atoms with Crippen LogP contribution in [-0.4, -0.2) is 51.6 Å². The van der Waals surface area contributed by atoms with Crippen LogP contribution in [-0.2, 0) is 4.79 Å². The van der Waals surface area contributed by atoms with E-state index in [1.165, 1.54) is 5.75 Å². The van der Waals surface area contributed by atoms with E-state index in [0.29, 0.717) is 6.42 Å². The number of thioether (sulfide) groups is 1. The van der Waals surface area contributed by atoms with Gasteiger partial charge in [0.15, 0.2) is 0 Å². The number of amides is 2. The lowest BCUT2D eigenvalue weighted by molar-refractivity contribution is -0.142. The van der Waals surface area contributed by atoms with Gasteiger partial charge in [0.1, 0.15) is 0 Å². The lowest BCUT2D eigenvalue weighted by Crippen LogP contribution is -2.49. The van der Waals surface area contributed by atoms with Crippen molar-refractivity contribution >= 4 is 23.8 Å². The lowest BCUT2D eigenvalue weighted by Gasteiger charge is -2.28. The van der Waals surface area contributed by atoms with Gasteiger partial charge < -0.3 is 15.3 Å². The van der Waals surface area contributed by atoms with Crippen LogP contribution in [0.2, 0.25) is 0 Å². The molecule has 3 rings (SSSR count). The van der Waals surface area contributed by atoms with Gasteiger partial charge in [-0.1, -0.05) is 0 Å². The molecule has 3 aliphatic rings. The van der Waals surface area contributed by atoms with Crippen LogP contribution in [0.15, 0.2) is 0 Å². The van der Waals surface area contributed by atoms with E-state index >= 15 is 0 Å². The van der Waals surface area contributed by atoms with Crippen LogP contribution in [0.5, 0.6) is 0 Å². The number of carbonyl (C=O) groups excluding carboxylic acids is 1. The molecule has 6 heteroatoms. The smallest absolute Gasteiger partial charge is 0.318 e. The molecule has 3 heterocycles. The van der Waals surface area contributed by atoms with Crippen LogP contribution >= 0.6 is 11.8 Å². The summed E-state index contributed by atoms with van der Waals surface area (Å²) in [6.45, 7) is 0. The zero-order valence-corrected chi connectivity index (χ0v) is 11.7. The molecule has 2 bridgehead atoms. The van der Waals surface area contributed by atoms with E-state index in [2.05, 4.69) is 5.32 Å². The second-order valence-corrected chi connectivity index (χ2v) is 6.90. The van der Waals surface area contributed by atoms with Crippen LogP contribution in [0.25, 0.3) is 0 Å². The number of rotatable bonds is 2. The number of carbonyl (C=O) groups is 2. The third-order valence-corrected chi connectivity index (χ3v) is 5.79. The fourth-order valence-corrected chi connectivity index (χ4v) is 4.75. The van der Waals surface area contributed by atoms with E-state index in [1.807, 2.05) is 16.7 Å². The summed E-state index contributed by atoms with van der Waals surface area (Å²) < 4.78 is 0. The van der Waals surface area contributed by atoms with Crippen molar-refractivity contribution in [3.05, 3.63) is 0 Å². The molecule has 3 fully saturated rings. The van der Waals surface area contributed by atoms with E-state index in [-0.39, 0.29) is 30.1 Å². The van der Waals surface area contributed by atoms with Crippen LogP contribution in [0.4, 0.5) is 4.79 Å². The van der Waals surface area contributed by atoms with Gasteiger partial charge in [-0.25, -0.2) is 4.79 Å². The van der Waals surface area contributed by atoms with Gasteiger partial charge in [-0.05, 0) is 37.9 Å². The largest absolute Gasteiger partial charge is 0.481 e. The van der Waals surface area contributed by atoms with E-state index in [0.717, 1.165) is 31.4 Å². The molecule has 4 atom stereocenters. The van der Waals surface area contributed by atoms with E-state index in [9.17, 15) is 14.7 Å². The van der Waals surface area contributed by atoms with Gasteiger partial charge in [0.2, 0.25) is 0 Å². The molecule has 0 aromatic carbocycles. The second kappa shape index (κ2) is 5.23. The first-order chi connectivity index (χ1) is 9.16. The number of carboxylic acid groups (broad SMARTS) is 1. The van der Waals surface area contributed by atoms with E-state index in [4.69, 9.17) is 0 Å². The summed E-state index contributed by atoms with van der Waals surface area (Å²) in [6.07, 6.45) is 4.63. The Kier molecular flexibility index (Phi) is 3.60. The van der Waals surface area contributed by atoms with Crippen LogP contribution in [0.3, 0.4) is 0 Å². The Balaban J connectivity index is 1.62. The lowest BCUT2D eigenvalue weighted by atomic mass is 9.89. The number of nitrogens with zero attached hydrogens (tertiary/aromatic N) is 1. The normalized spacial score (nSPS) is 37.4. The molecule has 0 saturated carbocycles. The molecule has 3 saturated heterocycles. The molecule has 106 valence electrons. The summed E-state index contributed by atoms with van der Waals surface area (Å²) in [4.78, 5) is 25.4. The van der Waals surface area contributed by atoms with Crippen molar-refractivity contribution in [2.24, 2.45) is 5.92 Å². The van der Waals surface area contributed by atoms with Gasteiger partial charge in [0, 0.05) is 23.9 Å². The van der Waals surface area contributed by atoms with Crippen molar-refractivity contribution < 1.29 is 14.7 Å². The van der Waals surface area contributed by atoms with Gasteiger partial charge >= 0.3 is 12.0 Å². The Labute approximate surface area is 117 Å². The summed E-state index contributed by atoms with van der Waals surface area (Å²) in [5.74, 6) is 1.06. The van der Waals surface area contributed by atoms with E-state index in [1.54, 1.807) is 0 Å². The highest BCUT2D eigenvalue weighted by molar-refractivity contribution is 7.99. The minimum absolute atomic E-state index is 0.0382. The molecular formula is C13H20N2O3S.